The molecule has 0 aliphatic carbocycles. The van der Waals surface area contributed by atoms with E-state index < -0.39 is 10.0 Å². The minimum absolute atomic E-state index is 0.0418. The number of nitrogens with one attached hydrogen (secondary N) is 1. The van der Waals surface area contributed by atoms with Gasteiger partial charge < -0.3 is 10.2 Å². The molecule has 1 saturated heterocycles. The third kappa shape index (κ3) is 3.18. The van der Waals surface area contributed by atoms with E-state index in [1.54, 1.807) is 4.90 Å². The molecule has 4 rings (SSSR count). The van der Waals surface area contributed by atoms with Gasteiger partial charge in [0.25, 0.3) is 5.91 Å². The zero-order valence-corrected chi connectivity index (χ0v) is 16.3. The van der Waals surface area contributed by atoms with Crippen LogP contribution in [0.25, 0.3) is 0 Å². The number of hydrogen-bond acceptors (Lipinski definition) is 4. The van der Waals surface area contributed by atoms with Gasteiger partial charge in [-0.3, -0.25) is 9.59 Å². The summed E-state index contributed by atoms with van der Waals surface area (Å²) in [5.74, 6) is -0.470. The number of anilines is 1. The number of sulfonamides is 1. The lowest BCUT2D eigenvalue weighted by Gasteiger charge is -2.26. The van der Waals surface area contributed by atoms with Crippen LogP contribution in [-0.4, -0.2) is 50.2 Å². The summed E-state index contributed by atoms with van der Waals surface area (Å²) < 4.78 is 26.6. The van der Waals surface area contributed by atoms with Gasteiger partial charge in [-0.2, -0.15) is 4.31 Å². The molecule has 2 aliphatic rings. The number of carbonyl (C=O) groups excluding carboxylic acids is 2. The number of nitrogens with zero attached hydrogens (tertiary/aromatic N) is 2. The predicted molar refractivity (Wildman–Crippen MR) is 105 cm³/mol. The Morgan fingerprint density at radius 2 is 1.82 bits per heavy atom. The monoisotopic (exact) mass is 399 g/mol. The Balaban J connectivity index is 1.58. The number of piperazine rings is 1. The highest BCUT2D eigenvalue weighted by Gasteiger charge is 2.32. The number of para-hydroxylation sites is 1. The molecule has 2 heterocycles. The van der Waals surface area contributed by atoms with Crippen LogP contribution >= 0.6 is 0 Å². The van der Waals surface area contributed by atoms with Crippen molar-refractivity contribution in [3.05, 3.63) is 59.7 Å². The van der Waals surface area contributed by atoms with Crippen molar-refractivity contribution in [2.75, 3.05) is 24.5 Å². The maximum Gasteiger partial charge on any atom is 0.258 e. The van der Waals surface area contributed by atoms with Gasteiger partial charge in [0.1, 0.15) is 0 Å². The van der Waals surface area contributed by atoms with Gasteiger partial charge in [0.15, 0.2) is 0 Å². The summed E-state index contributed by atoms with van der Waals surface area (Å²) in [6.45, 7) is 2.33. The molecule has 146 valence electrons. The van der Waals surface area contributed by atoms with E-state index in [4.69, 9.17) is 0 Å². The van der Waals surface area contributed by atoms with Crippen molar-refractivity contribution in [1.29, 1.82) is 0 Å². The van der Waals surface area contributed by atoms with Crippen LogP contribution in [0.4, 0.5) is 5.69 Å². The first-order chi connectivity index (χ1) is 13.4. The highest BCUT2D eigenvalue weighted by Crippen LogP contribution is 2.33. The highest BCUT2D eigenvalue weighted by molar-refractivity contribution is 7.89. The summed E-state index contributed by atoms with van der Waals surface area (Å²) in [5, 5.41) is 2.61. The lowest BCUT2D eigenvalue weighted by atomic mass is 10.1. The van der Waals surface area contributed by atoms with Crippen molar-refractivity contribution in [2.24, 2.45) is 0 Å². The molecule has 0 unspecified atom stereocenters. The van der Waals surface area contributed by atoms with E-state index in [9.17, 15) is 18.0 Å². The highest BCUT2D eigenvalue weighted by atomic mass is 32.2. The second kappa shape index (κ2) is 7.03. The van der Waals surface area contributed by atoms with Crippen molar-refractivity contribution in [3.63, 3.8) is 0 Å². The fourth-order valence-corrected chi connectivity index (χ4v) is 5.15. The molecule has 0 bridgehead atoms. The Hall–Kier alpha value is -2.71. The summed E-state index contributed by atoms with van der Waals surface area (Å²) in [7, 11) is -3.77. The van der Waals surface area contributed by atoms with Crippen molar-refractivity contribution in [3.8, 4) is 0 Å². The molecular weight excluding hydrogens is 378 g/mol. The molecule has 2 aromatic rings. The first-order valence-corrected chi connectivity index (χ1v) is 10.6. The molecule has 2 aromatic carbocycles. The summed E-state index contributed by atoms with van der Waals surface area (Å²) >= 11 is 0. The normalized spacial score (nSPS) is 20.0. The number of hydrogen-bond donors (Lipinski definition) is 1. The van der Waals surface area contributed by atoms with E-state index in [1.807, 2.05) is 31.2 Å². The zero-order chi connectivity index (χ0) is 19.9. The third-order valence-corrected chi connectivity index (χ3v) is 7.03. The third-order valence-electron chi connectivity index (χ3n) is 5.17. The van der Waals surface area contributed by atoms with Crippen LogP contribution in [-0.2, 0) is 21.2 Å². The molecule has 1 atom stereocenters. The number of amides is 2. The van der Waals surface area contributed by atoms with E-state index in [-0.39, 0.29) is 35.8 Å². The molecule has 28 heavy (non-hydrogen) atoms. The van der Waals surface area contributed by atoms with Crippen molar-refractivity contribution >= 4 is 27.5 Å². The molecule has 1 N–H and O–H groups in total. The van der Waals surface area contributed by atoms with Crippen LogP contribution in [0.5, 0.6) is 0 Å². The maximum atomic E-state index is 13.0. The fraction of sp³-hybridized carbons (Fsp3) is 0.300. The smallest absolute Gasteiger partial charge is 0.258 e. The summed E-state index contributed by atoms with van der Waals surface area (Å²) in [6, 6.07) is 13.8. The summed E-state index contributed by atoms with van der Waals surface area (Å²) in [4.78, 5) is 26.4. The molecule has 8 heteroatoms. The molecule has 0 spiro atoms. The molecule has 2 aliphatic heterocycles. The Morgan fingerprint density at radius 3 is 2.54 bits per heavy atom. The number of carbonyl (C=O) groups is 2. The largest absolute Gasteiger partial charge is 0.354 e. The van der Waals surface area contributed by atoms with Gasteiger partial charge >= 0.3 is 0 Å². The average molecular weight is 399 g/mol. The van der Waals surface area contributed by atoms with Crippen LogP contribution in [0.15, 0.2) is 53.4 Å². The van der Waals surface area contributed by atoms with Gasteiger partial charge in [-0.05, 0) is 49.2 Å². The van der Waals surface area contributed by atoms with Gasteiger partial charge in [0.05, 0.1) is 11.4 Å². The van der Waals surface area contributed by atoms with E-state index in [2.05, 4.69) is 5.32 Å². The van der Waals surface area contributed by atoms with E-state index >= 15 is 0 Å². The Bertz CT molecular complexity index is 1030. The van der Waals surface area contributed by atoms with Gasteiger partial charge in [0.2, 0.25) is 15.9 Å². The van der Waals surface area contributed by atoms with Crippen LogP contribution in [0, 0.1) is 0 Å². The minimum atomic E-state index is -3.77. The predicted octanol–water partition coefficient (Wildman–Crippen LogP) is 1.40. The standard InChI is InChI=1S/C20H21N3O4S/c1-14-12-16-4-2-3-5-18(16)23(14)20(25)15-6-8-17(9-7-15)28(26,27)22-11-10-21-19(24)13-22/h2-9,14H,10-13H2,1H3,(H,21,24)/t14-/m1/s1. The van der Waals surface area contributed by atoms with Crippen molar-refractivity contribution in [1.82, 2.24) is 9.62 Å². The van der Waals surface area contributed by atoms with Crippen LogP contribution in [0.1, 0.15) is 22.8 Å². The molecule has 7 nitrogen and oxygen atoms in total. The van der Waals surface area contributed by atoms with Crippen LogP contribution in [0.2, 0.25) is 0 Å². The number of fused-ring (bicyclic) bond motifs is 1. The summed E-state index contributed by atoms with van der Waals surface area (Å²) in [6.07, 6.45) is 0.797. The summed E-state index contributed by atoms with van der Waals surface area (Å²) in [5.41, 5.74) is 2.46. The number of benzene rings is 2. The molecular formula is C20H21N3O4S. The lowest BCUT2D eigenvalue weighted by Crippen LogP contribution is -2.49. The van der Waals surface area contributed by atoms with Crippen molar-refractivity contribution < 1.29 is 18.0 Å². The molecule has 2 amide bonds. The average Bonchev–Trinajstić information content (AvgIpc) is 3.03. The Labute approximate surface area is 164 Å². The maximum absolute atomic E-state index is 13.0. The molecule has 0 radical (unpaired) electrons. The zero-order valence-electron chi connectivity index (χ0n) is 15.5. The van der Waals surface area contributed by atoms with Gasteiger partial charge in [-0.25, -0.2) is 8.42 Å². The first-order valence-electron chi connectivity index (χ1n) is 9.16. The minimum Gasteiger partial charge on any atom is -0.354 e. The van der Waals surface area contributed by atoms with E-state index in [0.717, 1.165) is 22.0 Å². The quantitative estimate of drug-likeness (QED) is 0.845. The van der Waals surface area contributed by atoms with Crippen molar-refractivity contribution in [2.45, 2.75) is 24.3 Å². The Morgan fingerprint density at radius 1 is 1.11 bits per heavy atom. The second-order valence-corrected chi connectivity index (χ2v) is 9.01. The molecule has 0 saturated carbocycles. The van der Waals surface area contributed by atoms with Crippen LogP contribution in [0.3, 0.4) is 0 Å². The van der Waals surface area contributed by atoms with Crippen LogP contribution < -0.4 is 10.2 Å². The Kier molecular flexibility index (Phi) is 4.68. The topological polar surface area (TPSA) is 86.8 Å². The SMILES string of the molecule is C[C@@H]1Cc2ccccc2N1C(=O)c1ccc(S(=O)(=O)N2CCNC(=O)C2)cc1. The lowest BCUT2D eigenvalue weighted by molar-refractivity contribution is -0.122. The second-order valence-electron chi connectivity index (χ2n) is 7.07. The van der Waals surface area contributed by atoms with E-state index in [0.29, 0.717) is 12.1 Å². The van der Waals surface area contributed by atoms with E-state index in [1.165, 1.54) is 24.3 Å². The molecule has 1 fully saturated rings. The van der Waals surface area contributed by atoms with Gasteiger partial charge in [-0.15, -0.1) is 0 Å². The number of rotatable bonds is 3. The molecule has 0 aromatic heterocycles. The van der Waals surface area contributed by atoms with Gasteiger partial charge in [0, 0.05) is 30.4 Å². The first kappa shape index (κ1) is 18.6. The van der Waals surface area contributed by atoms with Gasteiger partial charge in [-0.1, -0.05) is 18.2 Å². The fourth-order valence-electron chi connectivity index (χ4n) is 3.75.